The molecule has 0 spiro atoms. The van der Waals surface area contributed by atoms with Crippen LogP contribution >= 0.6 is 11.3 Å². The van der Waals surface area contributed by atoms with E-state index < -0.39 is 0 Å². The number of rotatable bonds is 6. The molecule has 0 radical (unpaired) electrons. The Bertz CT molecular complexity index is 313. The van der Waals surface area contributed by atoms with Crippen molar-refractivity contribution in [2.75, 3.05) is 26.7 Å². The molecule has 0 saturated heterocycles. The van der Waals surface area contributed by atoms with Crippen LogP contribution in [0.4, 0.5) is 0 Å². The second kappa shape index (κ2) is 6.62. The topological polar surface area (TPSA) is 58.4 Å². The van der Waals surface area contributed by atoms with Gasteiger partial charge in [-0.1, -0.05) is 0 Å². The van der Waals surface area contributed by atoms with Gasteiger partial charge in [-0.15, -0.1) is 0 Å². The summed E-state index contributed by atoms with van der Waals surface area (Å²) in [6.45, 7) is 3.48. The molecule has 0 aliphatic heterocycles. The molecule has 1 aromatic rings. The SMILES string of the molecule is CCNC(=O)CN(C)C(CN)c1ccsc1. The summed E-state index contributed by atoms with van der Waals surface area (Å²) >= 11 is 1.65. The quantitative estimate of drug-likeness (QED) is 0.775. The summed E-state index contributed by atoms with van der Waals surface area (Å²) in [5, 5.41) is 6.88. The molecule has 4 nitrogen and oxygen atoms in total. The molecule has 5 heteroatoms. The van der Waals surface area contributed by atoms with Crippen molar-refractivity contribution in [3.8, 4) is 0 Å². The highest BCUT2D eigenvalue weighted by Gasteiger charge is 2.17. The summed E-state index contributed by atoms with van der Waals surface area (Å²) in [6, 6.07) is 2.17. The van der Waals surface area contributed by atoms with Gasteiger partial charge in [-0.05, 0) is 36.4 Å². The summed E-state index contributed by atoms with van der Waals surface area (Å²) in [4.78, 5) is 13.4. The Morgan fingerprint density at radius 1 is 1.69 bits per heavy atom. The van der Waals surface area contributed by atoms with Gasteiger partial charge in [-0.2, -0.15) is 11.3 Å². The molecule has 0 aromatic carbocycles. The Hall–Kier alpha value is -0.910. The first-order valence-electron chi connectivity index (χ1n) is 5.38. The summed E-state index contributed by atoms with van der Waals surface area (Å²) in [7, 11) is 1.92. The van der Waals surface area contributed by atoms with Gasteiger partial charge in [0.25, 0.3) is 0 Å². The van der Waals surface area contributed by atoms with Crippen LogP contribution in [0, 0.1) is 0 Å². The van der Waals surface area contributed by atoms with Crippen LogP contribution in [-0.2, 0) is 4.79 Å². The number of carbonyl (C=O) groups excluding carboxylic acids is 1. The molecule has 0 bridgehead atoms. The fourth-order valence-electron chi connectivity index (χ4n) is 1.62. The summed E-state index contributed by atoms with van der Waals surface area (Å²) in [5.41, 5.74) is 6.93. The monoisotopic (exact) mass is 241 g/mol. The van der Waals surface area contributed by atoms with E-state index in [2.05, 4.69) is 16.8 Å². The Morgan fingerprint density at radius 2 is 2.44 bits per heavy atom. The third-order valence-electron chi connectivity index (χ3n) is 2.45. The molecular weight excluding hydrogens is 222 g/mol. The number of nitrogens with one attached hydrogen (secondary N) is 1. The fourth-order valence-corrected chi connectivity index (χ4v) is 2.33. The van der Waals surface area contributed by atoms with Gasteiger partial charge in [-0.25, -0.2) is 0 Å². The van der Waals surface area contributed by atoms with Crippen molar-refractivity contribution in [3.05, 3.63) is 22.4 Å². The highest BCUT2D eigenvalue weighted by molar-refractivity contribution is 7.07. The molecule has 1 aromatic heterocycles. The van der Waals surface area contributed by atoms with Crippen molar-refractivity contribution in [1.29, 1.82) is 0 Å². The first kappa shape index (κ1) is 13.2. The van der Waals surface area contributed by atoms with E-state index in [9.17, 15) is 4.79 Å². The Labute approximate surface area is 100 Å². The third-order valence-corrected chi connectivity index (χ3v) is 3.15. The van der Waals surface area contributed by atoms with E-state index in [0.717, 1.165) is 0 Å². The molecule has 3 N–H and O–H groups in total. The Kier molecular flexibility index (Phi) is 5.45. The summed E-state index contributed by atoms with van der Waals surface area (Å²) in [6.07, 6.45) is 0. The van der Waals surface area contributed by atoms with E-state index in [1.807, 2.05) is 24.3 Å². The van der Waals surface area contributed by atoms with Crippen LogP contribution in [0.3, 0.4) is 0 Å². The lowest BCUT2D eigenvalue weighted by molar-refractivity contribution is -0.122. The highest BCUT2D eigenvalue weighted by atomic mass is 32.1. The van der Waals surface area contributed by atoms with E-state index in [0.29, 0.717) is 19.6 Å². The van der Waals surface area contributed by atoms with Gasteiger partial charge in [0.2, 0.25) is 5.91 Å². The van der Waals surface area contributed by atoms with Crippen molar-refractivity contribution in [2.45, 2.75) is 13.0 Å². The molecular formula is C11H19N3OS. The van der Waals surface area contributed by atoms with E-state index in [1.165, 1.54) is 5.56 Å². The molecule has 16 heavy (non-hydrogen) atoms. The zero-order valence-corrected chi connectivity index (χ0v) is 10.6. The predicted octanol–water partition coefficient (Wildman–Crippen LogP) is 0.816. The minimum absolute atomic E-state index is 0.0404. The molecule has 0 fully saturated rings. The molecule has 1 amide bonds. The standard InChI is InChI=1S/C11H19N3OS/c1-3-13-11(15)7-14(2)10(6-12)9-4-5-16-8-9/h4-5,8,10H,3,6-7,12H2,1-2H3,(H,13,15). The van der Waals surface area contributed by atoms with Crippen molar-refractivity contribution >= 4 is 17.2 Å². The van der Waals surface area contributed by atoms with Crippen LogP contribution in [0.15, 0.2) is 16.8 Å². The molecule has 1 atom stereocenters. The summed E-state index contributed by atoms with van der Waals surface area (Å²) in [5.74, 6) is 0.0404. The lowest BCUT2D eigenvalue weighted by atomic mass is 10.1. The van der Waals surface area contributed by atoms with Gasteiger partial charge in [0.05, 0.1) is 6.54 Å². The van der Waals surface area contributed by atoms with Crippen LogP contribution in [0.5, 0.6) is 0 Å². The van der Waals surface area contributed by atoms with Crippen LogP contribution in [-0.4, -0.2) is 37.5 Å². The molecule has 0 aliphatic carbocycles. The Morgan fingerprint density at radius 3 is 2.94 bits per heavy atom. The molecule has 0 aliphatic rings. The van der Waals surface area contributed by atoms with Crippen molar-refractivity contribution in [2.24, 2.45) is 5.73 Å². The fraction of sp³-hybridized carbons (Fsp3) is 0.545. The smallest absolute Gasteiger partial charge is 0.234 e. The highest BCUT2D eigenvalue weighted by Crippen LogP contribution is 2.20. The molecule has 1 unspecified atom stereocenters. The van der Waals surface area contributed by atoms with Gasteiger partial charge >= 0.3 is 0 Å². The normalized spacial score (nSPS) is 12.8. The molecule has 0 saturated carbocycles. The van der Waals surface area contributed by atoms with Crippen molar-refractivity contribution < 1.29 is 4.79 Å². The zero-order chi connectivity index (χ0) is 12.0. The number of carbonyl (C=O) groups is 1. The molecule has 1 rings (SSSR count). The van der Waals surface area contributed by atoms with Gasteiger partial charge in [0.1, 0.15) is 0 Å². The maximum absolute atomic E-state index is 11.5. The van der Waals surface area contributed by atoms with E-state index in [-0.39, 0.29) is 11.9 Å². The Balaban J connectivity index is 2.56. The van der Waals surface area contributed by atoms with Crippen LogP contribution < -0.4 is 11.1 Å². The number of nitrogens with two attached hydrogens (primary N) is 1. The zero-order valence-electron chi connectivity index (χ0n) is 9.77. The third kappa shape index (κ3) is 3.59. The minimum Gasteiger partial charge on any atom is -0.355 e. The van der Waals surface area contributed by atoms with Crippen molar-refractivity contribution in [1.82, 2.24) is 10.2 Å². The second-order valence-electron chi connectivity index (χ2n) is 3.68. The van der Waals surface area contributed by atoms with E-state index in [1.54, 1.807) is 11.3 Å². The average Bonchev–Trinajstić information content (AvgIpc) is 2.72. The lowest BCUT2D eigenvalue weighted by Gasteiger charge is -2.25. The van der Waals surface area contributed by atoms with Crippen molar-refractivity contribution in [3.63, 3.8) is 0 Å². The second-order valence-corrected chi connectivity index (χ2v) is 4.46. The van der Waals surface area contributed by atoms with Crippen LogP contribution in [0.1, 0.15) is 18.5 Å². The predicted molar refractivity (Wildman–Crippen MR) is 67.4 cm³/mol. The number of hydrogen-bond acceptors (Lipinski definition) is 4. The van der Waals surface area contributed by atoms with Gasteiger partial charge in [0, 0.05) is 19.1 Å². The molecule has 90 valence electrons. The first-order chi connectivity index (χ1) is 7.69. The number of nitrogens with zero attached hydrogens (tertiary/aromatic N) is 1. The minimum atomic E-state index is 0.0404. The van der Waals surface area contributed by atoms with Crippen LogP contribution in [0.25, 0.3) is 0 Å². The number of likely N-dealkylation sites (N-methyl/N-ethyl adjacent to an activating group) is 2. The number of thiophene rings is 1. The van der Waals surface area contributed by atoms with Gasteiger partial charge in [0.15, 0.2) is 0 Å². The largest absolute Gasteiger partial charge is 0.355 e. The number of amides is 1. The first-order valence-corrected chi connectivity index (χ1v) is 6.32. The maximum atomic E-state index is 11.5. The van der Waals surface area contributed by atoms with Crippen LogP contribution in [0.2, 0.25) is 0 Å². The van der Waals surface area contributed by atoms with E-state index in [4.69, 9.17) is 5.73 Å². The number of hydrogen-bond donors (Lipinski definition) is 2. The molecule has 1 heterocycles. The lowest BCUT2D eigenvalue weighted by Crippen LogP contribution is -2.39. The van der Waals surface area contributed by atoms with E-state index >= 15 is 0 Å². The van der Waals surface area contributed by atoms with Gasteiger partial charge in [-0.3, -0.25) is 9.69 Å². The average molecular weight is 241 g/mol. The van der Waals surface area contributed by atoms with Gasteiger partial charge < -0.3 is 11.1 Å². The maximum Gasteiger partial charge on any atom is 0.234 e. The summed E-state index contributed by atoms with van der Waals surface area (Å²) < 4.78 is 0.